The highest BCUT2D eigenvalue weighted by molar-refractivity contribution is 6.06. The van der Waals surface area contributed by atoms with E-state index in [9.17, 15) is 9.59 Å². The number of carbonyl (C=O) groups excluding carboxylic acids is 2. The van der Waals surface area contributed by atoms with Crippen molar-refractivity contribution in [1.82, 2.24) is 0 Å². The maximum atomic E-state index is 12.8. The Morgan fingerprint density at radius 1 is 1.08 bits per heavy atom. The van der Waals surface area contributed by atoms with Crippen molar-refractivity contribution in [3.63, 3.8) is 0 Å². The van der Waals surface area contributed by atoms with Crippen LogP contribution in [0.5, 0.6) is 17.2 Å². The molecule has 5 nitrogen and oxygen atoms in total. The molecular formula is C21H22O5. The smallest absolute Gasteiger partial charge is 0.314 e. The highest BCUT2D eigenvalue weighted by Crippen LogP contribution is 2.58. The van der Waals surface area contributed by atoms with E-state index in [2.05, 4.69) is 0 Å². The van der Waals surface area contributed by atoms with Crippen LogP contribution in [-0.2, 0) is 4.79 Å². The first-order valence-corrected chi connectivity index (χ1v) is 9.39. The molecule has 26 heavy (non-hydrogen) atoms. The molecule has 0 aromatic heterocycles. The number of rotatable bonds is 0. The van der Waals surface area contributed by atoms with Gasteiger partial charge in [-0.25, -0.2) is 0 Å². The summed E-state index contributed by atoms with van der Waals surface area (Å²) in [4.78, 5) is 25.4. The second-order valence-corrected chi connectivity index (χ2v) is 8.35. The van der Waals surface area contributed by atoms with E-state index >= 15 is 0 Å². The van der Waals surface area contributed by atoms with Gasteiger partial charge in [0.1, 0.15) is 28.8 Å². The number of fused-ring (bicyclic) bond motifs is 8. The topological polar surface area (TPSA) is 61.8 Å². The van der Waals surface area contributed by atoms with Crippen LogP contribution in [0.25, 0.3) is 6.08 Å². The van der Waals surface area contributed by atoms with Crippen molar-refractivity contribution in [3.8, 4) is 17.2 Å². The molecule has 1 aromatic carbocycles. The lowest BCUT2D eigenvalue weighted by Crippen LogP contribution is -2.35. The number of esters is 1. The summed E-state index contributed by atoms with van der Waals surface area (Å²) >= 11 is 0. The Hall–Kier alpha value is -2.30. The van der Waals surface area contributed by atoms with Crippen molar-refractivity contribution >= 4 is 17.8 Å². The van der Waals surface area contributed by atoms with Crippen LogP contribution >= 0.6 is 0 Å². The molecule has 5 rings (SSSR count). The molecular weight excluding hydrogens is 332 g/mol. The summed E-state index contributed by atoms with van der Waals surface area (Å²) in [5.74, 6) is 1.27. The van der Waals surface area contributed by atoms with Crippen molar-refractivity contribution in [1.29, 1.82) is 0 Å². The molecule has 0 saturated heterocycles. The predicted molar refractivity (Wildman–Crippen MR) is 94.9 cm³/mol. The molecule has 3 aliphatic heterocycles. The molecule has 0 spiro atoms. The van der Waals surface area contributed by atoms with Crippen molar-refractivity contribution in [2.75, 3.05) is 0 Å². The van der Waals surface area contributed by atoms with Gasteiger partial charge in [-0.1, -0.05) is 6.42 Å². The van der Waals surface area contributed by atoms with Gasteiger partial charge in [-0.3, -0.25) is 9.59 Å². The van der Waals surface area contributed by atoms with E-state index in [1.165, 1.54) is 0 Å². The third kappa shape index (κ3) is 2.09. The summed E-state index contributed by atoms with van der Waals surface area (Å²) in [7, 11) is 0. The second-order valence-electron chi connectivity index (χ2n) is 8.35. The Labute approximate surface area is 152 Å². The highest BCUT2D eigenvalue weighted by Gasteiger charge is 2.48. The van der Waals surface area contributed by atoms with Gasteiger partial charge in [0.15, 0.2) is 11.5 Å². The first kappa shape index (κ1) is 15.9. The van der Waals surface area contributed by atoms with E-state index in [1.54, 1.807) is 0 Å². The van der Waals surface area contributed by atoms with Crippen LogP contribution in [0, 0.1) is 5.92 Å². The van der Waals surface area contributed by atoms with Crippen molar-refractivity contribution in [3.05, 3.63) is 22.8 Å². The van der Waals surface area contributed by atoms with Crippen molar-refractivity contribution in [2.45, 2.75) is 64.1 Å². The van der Waals surface area contributed by atoms with Crippen molar-refractivity contribution in [2.24, 2.45) is 5.92 Å². The number of benzene rings is 1. The van der Waals surface area contributed by atoms with E-state index in [0.29, 0.717) is 23.5 Å². The minimum atomic E-state index is -0.463. The van der Waals surface area contributed by atoms with Gasteiger partial charge in [0.25, 0.3) is 0 Å². The van der Waals surface area contributed by atoms with Gasteiger partial charge >= 0.3 is 5.97 Å². The molecule has 136 valence electrons. The van der Waals surface area contributed by atoms with E-state index in [-0.39, 0.29) is 29.7 Å². The molecule has 0 N–H and O–H groups in total. The number of hydrogen-bond acceptors (Lipinski definition) is 5. The van der Waals surface area contributed by atoms with Gasteiger partial charge in [0, 0.05) is 17.9 Å². The van der Waals surface area contributed by atoms with Crippen LogP contribution in [0.4, 0.5) is 0 Å². The summed E-state index contributed by atoms with van der Waals surface area (Å²) < 4.78 is 18.1. The average Bonchev–Trinajstić information content (AvgIpc) is 3.03. The zero-order chi connectivity index (χ0) is 18.2. The van der Waals surface area contributed by atoms with E-state index in [4.69, 9.17) is 14.2 Å². The van der Waals surface area contributed by atoms with Gasteiger partial charge in [-0.05, 0) is 45.8 Å². The van der Waals surface area contributed by atoms with Crippen LogP contribution < -0.4 is 14.2 Å². The molecule has 1 saturated carbocycles. The number of hydrogen-bond donors (Lipinski definition) is 0. The molecule has 3 heterocycles. The van der Waals surface area contributed by atoms with Crippen molar-refractivity contribution < 1.29 is 23.8 Å². The van der Waals surface area contributed by atoms with E-state index < -0.39 is 5.60 Å². The number of Topliss-reactive ketones (excluding diaryl/α,β-unsaturated/α-hetero) is 1. The first-order valence-electron chi connectivity index (χ1n) is 9.39. The normalized spacial score (nSPS) is 30.3. The Morgan fingerprint density at radius 3 is 2.65 bits per heavy atom. The Morgan fingerprint density at radius 2 is 1.85 bits per heavy atom. The van der Waals surface area contributed by atoms with Crippen LogP contribution in [-0.4, -0.2) is 23.5 Å². The first-order chi connectivity index (χ1) is 12.4. The van der Waals surface area contributed by atoms with Gasteiger partial charge in [0.2, 0.25) is 0 Å². The molecule has 3 atom stereocenters. The third-order valence-electron chi connectivity index (χ3n) is 5.91. The minimum absolute atomic E-state index is 0.0275. The fourth-order valence-electron chi connectivity index (χ4n) is 4.75. The van der Waals surface area contributed by atoms with E-state index in [0.717, 1.165) is 36.1 Å². The highest BCUT2D eigenvalue weighted by atomic mass is 16.5. The molecule has 0 radical (unpaired) electrons. The third-order valence-corrected chi connectivity index (χ3v) is 5.91. The molecule has 4 aliphatic rings. The lowest BCUT2D eigenvalue weighted by atomic mass is 9.80. The molecule has 5 heteroatoms. The zero-order valence-electron chi connectivity index (χ0n) is 15.3. The summed E-state index contributed by atoms with van der Waals surface area (Å²) in [6.45, 7) is 5.87. The number of ether oxygens (including phenoxy) is 3. The van der Waals surface area contributed by atoms with Gasteiger partial charge < -0.3 is 14.2 Å². The molecule has 1 fully saturated rings. The van der Waals surface area contributed by atoms with Gasteiger partial charge in [-0.2, -0.15) is 0 Å². The Balaban J connectivity index is 1.84. The minimum Gasteiger partial charge on any atom is -0.489 e. The number of carbonyl (C=O) groups is 2. The van der Waals surface area contributed by atoms with Gasteiger partial charge in [-0.15, -0.1) is 0 Å². The van der Waals surface area contributed by atoms with E-state index in [1.807, 2.05) is 32.9 Å². The zero-order valence-corrected chi connectivity index (χ0v) is 15.3. The molecule has 3 unspecified atom stereocenters. The standard InChI is InChI=1S/C21H22O5/c1-10-9-14(22)16-17(24-10)13-7-8-21(2,3)26-18(13)15-11-5-4-6-12(11)20(23)25-19(15)16/h7-8,10-12H,4-6,9H2,1-3H3. The SMILES string of the molecule is CC1CC(=O)c2c(c3c(c4c2OC(=O)C2CCCC42)OC(C)(C)C=C3)O1. The second kappa shape index (κ2) is 5.12. The summed E-state index contributed by atoms with van der Waals surface area (Å²) in [6.07, 6.45) is 6.78. The predicted octanol–water partition coefficient (Wildman–Crippen LogP) is 4.03. The maximum absolute atomic E-state index is 12.8. The lowest BCUT2D eigenvalue weighted by molar-refractivity contribution is -0.140. The van der Waals surface area contributed by atoms with Crippen LogP contribution in [0.3, 0.4) is 0 Å². The average molecular weight is 354 g/mol. The molecule has 0 bridgehead atoms. The molecule has 0 amide bonds. The summed E-state index contributed by atoms with van der Waals surface area (Å²) in [5, 5.41) is 0. The monoisotopic (exact) mass is 354 g/mol. The summed E-state index contributed by atoms with van der Waals surface area (Å²) in [5.41, 5.74) is 1.66. The molecule has 1 aromatic rings. The van der Waals surface area contributed by atoms with Gasteiger partial charge in [0.05, 0.1) is 11.5 Å². The fourth-order valence-corrected chi connectivity index (χ4v) is 4.75. The van der Waals surface area contributed by atoms with Crippen LogP contribution in [0.2, 0.25) is 0 Å². The largest absolute Gasteiger partial charge is 0.489 e. The maximum Gasteiger partial charge on any atom is 0.314 e. The van der Waals surface area contributed by atoms with Crippen LogP contribution in [0.1, 0.15) is 73.9 Å². The van der Waals surface area contributed by atoms with Crippen LogP contribution in [0.15, 0.2) is 6.08 Å². The fraction of sp³-hybridized carbons (Fsp3) is 0.524. The number of ketones is 1. The lowest BCUT2D eigenvalue weighted by Gasteiger charge is -2.38. The molecule has 1 aliphatic carbocycles. The summed E-state index contributed by atoms with van der Waals surface area (Å²) in [6, 6.07) is 0. The Kier molecular flexibility index (Phi) is 3.13. The quantitative estimate of drug-likeness (QED) is 0.520. The Bertz CT molecular complexity index is 879.